The van der Waals surface area contributed by atoms with Gasteiger partial charge < -0.3 is 20.3 Å². The first-order valence-corrected chi connectivity index (χ1v) is 26.1. The third kappa shape index (κ3) is 42.8. The lowest BCUT2D eigenvalue weighted by Gasteiger charge is -2.24. The lowest BCUT2D eigenvalue weighted by Crippen LogP contribution is -2.46. The van der Waals surface area contributed by atoms with Gasteiger partial charge in [-0.05, 0) is 77.0 Å². The number of unbranched alkanes of at least 4 members (excludes halogenated alkanes) is 31. The molecule has 0 aromatic heterocycles. The molecule has 0 spiro atoms. The Morgan fingerprint density at radius 3 is 1.24 bits per heavy atom. The van der Waals surface area contributed by atoms with E-state index in [-0.39, 0.29) is 24.9 Å². The van der Waals surface area contributed by atoms with E-state index in [0.717, 1.165) is 64.2 Å². The van der Waals surface area contributed by atoms with Crippen LogP contribution < -0.4 is 5.32 Å². The molecule has 0 radical (unpaired) electrons. The Labute approximate surface area is 367 Å². The summed E-state index contributed by atoms with van der Waals surface area (Å²) < 4.78 is 5.93. The number of esters is 1. The minimum atomic E-state index is -0.787. The van der Waals surface area contributed by atoms with Gasteiger partial charge in [-0.3, -0.25) is 9.59 Å². The van der Waals surface area contributed by atoms with Crippen LogP contribution in [0.15, 0.2) is 24.3 Å². The Morgan fingerprint density at radius 1 is 0.475 bits per heavy atom. The van der Waals surface area contributed by atoms with Crippen LogP contribution in [0.3, 0.4) is 0 Å². The molecule has 0 bridgehead atoms. The number of hydrogen-bond acceptors (Lipinski definition) is 5. The van der Waals surface area contributed by atoms with Gasteiger partial charge in [-0.1, -0.05) is 212 Å². The molecule has 0 saturated heterocycles. The number of ether oxygens (including phenoxy) is 1. The van der Waals surface area contributed by atoms with Crippen LogP contribution in [0.2, 0.25) is 0 Å². The predicted molar refractivity (Wildman–Crippen MR) is 255 cm³/mol. The van der Waals surface area contributed by atoms with Gasteiger partial charge in [0.2, 0.25) is 5.91 Å². The van der Waals surface area contributed by atoms with Crippen molar-refractivity contribution in [2.24, 2.45) is 0 Å². The SMILES string of the molecule is CCCCCC/C=C\CCCCCCCCCC(=O)OC(CCCCC/C=C/CCCCCCCCCCC)CC(=O)NC(CO)C(O)CCCCCCCCCCC. The maximum Gasteiger partial charge on any atom is 0.306 e. The molecule has 0 heterocycles. The summed E-state index contributed by atoms with van der Waals surface area (Å²) in [5.74, 6) is -0.484. The normalized spacial score (nSPS) is 13.4. The summed E-state index contributed by atoms with van der Waals surface area (Å²) in [6, 6.07) is -0.702. The topological polar surface area (TPSA) is 95.9 Å². The van der Waals surface area contributed by atoms with Crippen LogP contribution in [-0.2, 0) is 14.3 Å². The highest BCUT2D eigenvalue weighted by molar-refractivity contribution is 5.77. The maximum absolute atomic E-state index is 13.2. The minimum absolute atomic E-state index is 0.0691. The second-order valence-corrected chi connectivity index (χ2v) is 17.9. The van der Waals surface area contributed by atoms with Crippen LogP contribution in [0, 0.1) is 0 Å². The fraction of sp³-hybridized carbons (Fsp3) is 0.887. The van der Waals surface area contributed by atoms with Crippen molar-refractivity contribution in [3.8, 4) is 0 Å². The van der Waals surface area contributed by atoms with E-state index < -0.39 is 18.2 Å². The van der Waals surface area contributed by atoms with E-state index in [4.69, 9.17) is 4.74 Å². The van der Waals surface area contributed by atoms with Gasteiger partial charge in [-0.25, -0.2) is 0 Å². The van der Waals surface area contributed by atoms with Crippen LogP contribution in [-0.4, -0.2) is 46.9 Å². The zero-order chi connectivity index (χ0) is 43.1. The summed E-state index contributed by atoms with van der Waals surface area (Å²) >= 11 is 0. The van der Waals surface area contributed by atoms with E-state index in [0.29, 0.717) is 19.3 Å². The van der Waals surface area contributed by atoms with Crippen molar-refractivity contribution in [1.82, 2.24) is 5.32 Å². The Morgan fingerprint density at radius 2 is 0.814 bits per heavy atom. The second-order valence-electron chi connectivity index (χ2n) is 17.9. The molecule has 0 aromatic rings. The van der Waals surface area contributed by atoms with Gasteiger partial charge in [0, 0.05) is 6.42 Å². The Balaban J connectivity index is 4.58. The molecular weight excluding hydrogens is 731 g/mol. The van der Waals surface area contributed by atoms with Crippen LogP contribution in [0.1, 0.15) is 278 Å². The number of aliphatic hydroxyl groups is 2. The monoisotopic (exact) mass is 832 g/mol. The molecule has 0 rings (SSSR count). The Hall–Kier alpha value is -1.66. The number of allylic oxidation sites excluding steroid dienone is 4. The molecule has 3 N–H and O–H groups in total. The van der Waals surface area contributed by atoms with Gasteiger partial charge in [0.05, 0.1) is 25.2 Å². The smallest absolute Gasteiger partial charge is 0.306 e. The van der Waals surface area contributed by atoms with Gasteiger partial charge in [-0.15, -0.1) is 0 Å². The Bertz CT molecular complexity index is 935. The second kappa shape index (κ2) is 47.4. The molecule has 6 nitrogen and oxygen atoms in total. The van der Waals surface area contributed by atoms with E-state index in [1.54, 1.807) is 0 Å². The van der Waals surface area contributed by atoms with Crippen LogP contribution in [0.5, 0.6) is 0 Å². The zero-order valence-electron chi connectivity index (χ0n) is 39.7. The maximum atomic E-state index is 13.2. The number of rotatable bonds is 47. The van der Waals surface area contributed by atoms with E-state index in [1.165, 1.54) is 167 Å². The largest absolute Gasteiger partial charge is 0.462 e. The molecule has 1 amide bonds. The van der Waals surface area contributed by atoms with Crippen molar-refractivity contribution in [1.29, 1.82) is 0 Å². The number of carbonyl (C=O) groups is 2. The molecule has 59 heavy (non-hydrogen) atoms. The fourth-order valence-electron chi connectivity index (χ4n) is 8.01. The fourth-order valence-corrected chi connectivity index (χ4v) is 8.01. The van der Waals surface area contributed by atoms with Crippen LogP contribution in [0.25, 0.3) is 0 Å². The summed E-state index contributed by atoms with van der Waals surface area (Å²) in [7, 11) is 0. The van der Waals surface area contributed by atoms with E-state index in [1.807, 2.05) is 0 Å². The molecule has 348 valence electrons. The summed E-state index contributed by atoms with van der Waals surface area (Å²) in [5, 5.41) is 23.7. The van der Waals surface area contributed by atoms with Crippen molar-refractivity contribution >= 4 is 11.9 Å². The average Bonchev–Trinajstić information content (AvgIpc) is 3.23. The quantitative estimate of drug-likeness (QED) is 0.0322. The average molecular weight is 832 g/mol. The summed E-state index contributed by atoms with van der Waals surface area (Å²) in [4.78, 5) is 26.1. The molecule has 0 aromatic carbocycles. The van der Waals surface area contributed by atoms with Crippen molar-refractivity contribution in [3.05, 3.63) is 24.3 Å². The van der Waals surface area contributed by atoms with Crippen molar-refractivity contribution in [2.45, 2.75) is 296 Å². The zero-order valence-corrected chi connectivity index (χ0v) is 39.7. The molecule has 0 aliphatic heterocycles. The van der Waals surface area contributed by atoms with Crippen molar-refractivity contribution in [2.75, 3.05) is 6.61 Å². The number of nitrogens with one attached hydrogen (secondary N) is 1. The van der Waals surface area contributed by atoms with Gasteiger partial charge in [-0.2, -0.15) is 0 Å². The van der Waals surface area contributed by atoms with Gasteiger partial charge >= 0.3 is 5.97 Å². The highest BCUT2D eigenvalue weighted by atomic mass is 16.5. The molecule has 0 aliphatic rings. The minimum Gasteiger partial charge on any atom is -0.462 e. The number of aliphatic hydroxyl groups excluding tert-OH is 2. The van der Waals surface area contributed by atoms with Gasteiger partial charge in [0.25, 0.3) is 0 Å². The lowest BCUT2D eigenvalue weighted by molar-refractivity contribution is -0.151. The lowest BCUT2D eigenvalue weighted by atomic mass is 10.0. The highest BCUT2D eigenvalue weighted by Crippen LogP contribution is 2.18. The van der Waals surface area contributed by atoms with Crippen molar-refractivity contribution < 1.29 is 24.5 Å². The molecule has 0 aliphatic carbocycles. The third-order valence-corrected chi connectivity index (χ3v) is 12.0. The molecule has 3 unspecified atom stereocenters. The summed E-state index contributed by atoms with van der Waals surface area (Å²) in [6.45, 7) is 6.46. The number of amides is 1. The molecule has 6 heteroatoms. The molecule has 0 fully saturated rings. The van der Waals surface area contributed by atoms with Crippen LogP contribution >= 0.6 is 0 Å². The van der Waals surface area contributed by atoms with Gasteiger partial charge in [0.15, 0.2) is 0 Å². The summed E-state index contributed by atoms with van der Waals surface area (Å²) in [5.41, 5.74) is 0. The molecule has 0 saturated carbocycles. The first-order chi connectivity index (χ1) is 29.0. The molecule has 3 atom stereocenters. The first-order valence-electron chi connectivity index (χ1n) is 26.1. The van der Waals surface area contributed by atoms with E-state index in [9.17, 15) is 19.8 Å². The van der Waals surface area contributed by atoms with E-state index in [2.05, 4.69) is 50.4 Å². The predicted octanol–water partition coefficient (Wildman–Crippen LogP) is 15.5. The van der Waals surface area contributed by atoms with Crippen molar-refractivity contribution in [3.63, 3.8) is 0 Å². The molecular formula is C53H101NO5. The van der Waals surface area contributed by atoms with E-state index >= 15 is 0 Å². The number of carbonyl (C=O) groups excluding carboxylic acids is 2. The van der Waals surface area contributed by atoms with Gasteiger partial charge in [0.1, 0.15) is 6.10 Å². The van der Waals surface area contributed by atoms with Crippen LogP contribution in [0.4, 0.5) is 0 Å². The Kier molecular flexibility index (Phi) is 46.1. The first kappa shape index (κ1) is 57.3. The standard InChI is InChI=1S/C53H101NO5/c1-4-7-10-13-16-19-21-23-25-27-28-30-33-35-38-41-44-49(47-52(57)54-50(48-55)51(56)45-42-39-36-32-18-15-12-9-6-3)59-53(58)46-43-40-37-34-31-29-26-24-22-20-17-14-11-8-5-2/h20,22,28,30,49-51,55-56H,4-19,21,23-27,29,31-48H2,1-3H3,(H,54,57)/b22-20-,30-28+. The highest BCUT2D eigenvalue weighted by Gasteiger charge is 2.24. The third-order valence-electron chi connectivity index (χ3n) is 12.0. The summed E-state index contributed by atoms with van der Waals surface area (Å²) in [6.07, 6.45) is 53.8. The number of hydrogen-bond donors (Lipinski definition) is 3.